The molecular formula is C12H18O4S. The zero-order valence-electron chi connectivity index (χ0n) is 10.5. The highest BCUT2D eigenvalue weighted by Crippen LogP contribution is 2.38. The molecule has 1 N–H and O–H groups in total. The number of aliphatic hydroxyl groups is 1. The van der Waals surface area contributed by atoms with Crippen LogP contribution in [0.2, 0.25) is 0 Å². The molecule has 4 nitrogen and oxygen atoms in total. The van der Waals surface area contributed by atoms with Crippen LogP contribution >= 0.6 is 11.8 Å². The zero-order valence-corrected chi connectivity index (χ0v) is 11.3. The van der Waals surface area contributed by atoms with Gasteiger partial charge in [-0.3, -0.25) is 0 Å². The molecule has 0 spiro atoms. The summed E-state index contributed by atoms with van der Waals surface area (Å²) in [6, 6.07) is 3.47. The molecule has 1 atom stereocenters. The lowest BCUT2D eigenvalue weighted by Crippen LogP contribution is -2.06. The van der Waals surface area contributed by atoms with Crippen LogP contribution in [0.1, 0.15) is 11.7 Å². The van der Waals surface area contributed by atoms with Gasteiger partial charge in [0.1, 0.15) is 17.2 Å². The van der Waals surface area contributed by atoms with Crippen molar-refractivity contribution in [2.75, 3.05) is 33.3 Å². The van der Waals surface area contributed by atoms with E-state index in [0.29, 0.717) is 28.6 Å². The molecule has 0 saturated heterocycles. The van der Waals surface area contributed by atoms with Crippen molar-refractivity contribution in [3.63, 3.8) is 0 Å². The average Bonchev–Trinajstić information content (AvgIpc) is 2.37. The molecule has 0 aliphatic heterocycles. The van der Waals surface area contributed by atoms with E-state index in [1.165, 1.54) is 0 Å². The van der Waals surface area contributed by atoms with Crippen molar-refractivity contribution in [3.8, 4) is 17.2 Å². The van der Waals surface area contributed by atoms with Gasteiger partial charge in [0.05, 0.1) is 33.0 Å². The van der Waals surface area contributed by atoms with Gasteiger partial charge in [-0.2, -0.15) is 11.8 Å². The van der Waals surface area contributed by atoms with Crippen molar-refractivity contribution in [1.82, 2.24) is 0 Å². The molecule has 0 amide bonds. The molecule has 1 rings (SSSR count). The van der Waals surface area contributed by atoms with Crippen LogP contribution in [0.4, 0.5) is 0 Å². The normalized spacial score (nSPS) is 12.1. The first-order valence-electron chi connectivity index (χ1n) is 5.14. The summed E-state index contributed by atoms with van der Waals surface area (Å²) in [5.41, 5.74) is 0.658. The minimum absolute atomic E-state index is 0.572. The number of methoxy groups -OCH3 is 3. The molecular weight excluding hydrogens is 240 g/mol. The van der Waals surface area contributed by atoms with E-state index in [4.69, 9.17) is 14.2 Å². The van der Waals surface area contributed by atoms with Gasteiger partial charge in [0.15, 0.2) is 0 Å². The van der Waals surface area contributed by atoms with E-state index in [0.717, 1.165) is 0 Å². The zero-order chi connectivity index (χ0) is 12.8. The average molecular weight is 258 g/mol. The fraction of sp³-hybridized carbons (Fsp3) is 0.500. The van der Waals surface area contributed by atoms with Gasteiger partial charge in [0.25, 0.3) is 0 Å². The molecule has 0 heterocycles. The number of benzene rings is 1. The third-order valence-corrected chi connectivity index (χ3v) is 3.06. The van der Waals surface area contributed by atoms with Gasteiger partial charge in [0.2, 0.25) is 0 Å². The highest BCUT2D eigenvalue weighted by atomic mass is 32.2. The Morgan fingerprint density at radius 3 is 2.00 bits per heavy atom. The molecule has 0 aromatic heterocycles. The summed E-state index contributed by atoms with van der Waals surface area (Å²) in [5, 5.41) is 10.1. The molecule has 1 aromatic carbocycles. The first kappa shape index (κ1) is 14.0. The smallest absolute Gasteiger partial charge is 0.132 e. The Labute approximate surface area is 106 Å². The largest absolute Gasteiger partial charge is 0.496 e. The molecule has 96 valence electrons. The quantitative estimate of drug-likeness (QED) is 0.847. The van der Waals surface area contributed by atoms with Crippen molar-refractivity contribution in [2.45, 2.75) is 6.10 Å². The maximum Gasteiger partial charge on any atom is 0.132 e. The van der Waals surface area contributed by atoms with Crippen LogP contribution in [0.25, 0.3) is 0 Å². The minimum atomic E-state index is -0.624. The first-order valence-corrected chi connectivity index (χ1v) is 6.54. The fourth-order valence-electron chi connectivity index (χ4n) is 1.60. The molecule has 0 radical (unpaired) electrons. The van der Waals surface area contributed by atoms with Crippen molar-refractivity contribution in [3.05, 3.63) is 17.7 Å². The van der Waals surface area contributed by atoms with Crippen molar-refractivity contribution in [2.24, 2.45) is 0 Å². The summed E-state index contributed by atoms with van der Waals surface area (Å²) in [7, 11) is 4.69. The van der Waals surface area contributed by atoms with E-state index in [9.17, 15) is 5.11 Å². The number of ether oxygens (including phenoxy) is 3. The maximum atomic E-state index is 10.1. The molecule has 0 bridgehead atoms. The van der Waals surface area contributed by atoms with Gasteiger partial charge in [-0.1, -0.05) is 0 Å². The molecule has 0 saturated carbocycles. The Morgan fingerprint density at radius 1 is 1.12 bits per heavy atom. The van der Waals surface area contributed by atoms with Crippen LogP contribution in [-0.4, -0.2) is 38.4 Å². The second-order valence-corrected chi connectivity index (χ2v) is 4.33. The monoisotopic (exact) mass is 258 g/mol. The van der Waals surface area contributed by atoms with Crippen LogP contribution < -0.4 is 14.2 Å². The van der Waals surface area contributed by atoms with Gasteiger partial charge in [-0.05, 0) is 6.26 Å². The second-order valence-electron chi connectivity index (χ2n) is 3.42. The molecule has 0 fully saturated rings. The van der Waals surface area contributed by atoms with E-state index in [2.05, 4.69) is 0 Å². The van der Waals surface area contributed by atoms with E-state index >= 15 is 0 Å². The number of hydrogen-bond acceptors (Lipinski definition) is 5. The van der Waals surface area contributed by atoms with E-state index in [1.807, 2.05) is 6.26 Å². The predicted octanol–water partition coefficient (Wildman–Crippen LogP) is 2.11. The predicted molar refractivity (Wildman–Crippen MR) is 69.4 cm³/mol. The summed E-state index contributed by atoms with van der Waals surface area (Å²) < 4.78 is 15.7. The lowest BCUT2D eigenvalue weighted by Gasteiger charge is -2.18. The molecule has 0 aliphatic rings. The highest BCUT2D eigenvalue weighted by Gasteiger charge is 2.20. The van der Waals surface area contributed by atoms with Gasteiger partial charge in [0, 0.05) is 17.9 Å². The standard InChI is InChI=1S/C12H18O4S/c1-14-8-5-10(15-2)12(9(13)7-17-4)11(6-8)16-3/h5-6,9,13H,7H2,1-4H3. The summed E-state index contributed by atoms with van der Waals surface area (Å²) in [5.74, 6) is 2.36. The Kier molecular flexibility index (Phi) is 5.44. The van der Waals surface area contributed by atoms with Crippen LogP contribution in [0.3, 0.4) is 0 Å². The van der Waals surface area contributed by atoms with Gasteiger partial charge >= 0.3 is 0 Å². The highest BCUT2D eigenvalue weighted by molar-refractivity contribution is 7.98. The van der Waals surface area contributed by atoms with Gasteiger partial charge in [-0.15, -0.1) is 0 Å². The van der Waals surface area contributed by atoms with Crippen LogP contribution in [0.15, 0.2) is 12.1 Å². The fourth-order valence-corrected chi connectivity index (χ4v) is 2.08. The summed E-state index contributed by atoms with van der Waals surface area (Å²) in [4.78, 5) is 0. The molecule has 0 aliphatic carbocycles. The van der Waals surface area contributed by atoms with Crippen LogP contribution in [-0.2, 0) is 0 Å². The van der Waals surface area contributed by atoms with Crippen LogP contribution in [0, 0.1) is 0 Å². The Balaban J connectivity index is 3.23. The summed E-state index contributed by atoms with van der Waals surface area (Å²) in [6.45, 7) is 0. The Bertz CT molecular complexity index is 343. The van der Waals surface area contributed by atoms with E-state index < -0.39 is 6.10 Å². The molecule has 1 unspecified atom stereocenters. The van der Waals surface area contributed by atoms with Gasteiger partial charge < -0.3 is 19.3 Å². The Hall–Kier alpha value is -1.07. The topological polar surface area (TPSA) is 47.9 Å². The van der Waals surface area contributed by atoms with Crippen molar-refractivity contribution >= 4 is 11.8 Å². The van der Waals surface area contributed by atoms with E-state index in [-0.39, 0.29) is 0 Å². The van der Waals surface area contributed by atoms with Crippen LogP contribution in [0.5, 0.6) is 17.2 Å². The molecule has 17 heavy (non-hydrogen) atoms. The molecule has 5 heteroatoms. The third-order valence-electron chi connectivity index (χ3n) is 2.41. The SMILES string of the molecule is COc1cc(OC)c(C(O)CSC)c(OC)c1. The third kappa shape index (κ3) is 3.20. The number of rotatable bonds is 6. The summed E-state index contributed by atoms with van der Waals surface area (Å²) >= 11 is 1.56. The van der Waals surface area contributed by atoms with Gasteiger partial charge in [-0.25, -0.2) is 0 Å². The van der Waals surface area contributed by atoms with E-state index in [1.54, 1.807) is 45.2 Å². The Morgan fingerprint density at radius 2 is 1.65 bits per heavy atom. The van der Waals surface area contributed by atoms with Crippen molar-refractivity contribution < 1.29 is 19.3 Å². The molecule has 1 aromatic rings. The number of hydrogen-bond donors (Lipinski definition) is 1. The lowest BCUT2D eigenvalue weighted by atomic mass is 10.1. The maximum absolute atomic E-state index is 10.1. The second kappa shape index (κ2) is 6.61. The number of aliphatic hydroxyl groups excluding tert-OH is 1. The summed E-state index contributed by atoms with van der Waals surface area (Å²) in [6.07, 6.45) is 1.31. The minimum Gasteiger partial charge on any atom is -0.496 e. The number of thioether (sulfide) groups is 1. The first-order chi connectivity index (χ1) is 8.17. The van der Waals surface area contributed by atoms with Crippen molar-refractivity contribution in [1.29, 1.82) is 0 Å². The lowest BCUT2D eigenvalue weighted by molar-refractivity contribution is 0.193.